The molecular formula is C23H45. The van der Waals surface area contributed by atoms with Gasteiger partial charge < -0.3 is 0 Å². The Morgan fingerprint density at radius 1 is 0.478 bits per heavy atom. The van der Waals surface area contributed by atoms with Crippen LogP contribution < -0.4 is 0 Å². The second kappa shape index (κ2) is 16.8. The summed E-state index contributed by atoms with van der Waals surface area (Å²) in [5, 5.41) is 0. The monoisotopic (exact) mass is 321 g/mol. The first kappa shape index (κ1) is 21.0. The van der Waals surface area contributed by atoms with Crippen LogP contribution >= 0.6 is 0 Å². The molecule has 1 radical (unpaired) electrons. The van der Waals surface area contributed by atoms with Crippen LogP contribution in [0.15, 0.2) is 0 Å². The summed E-state index contributed by atoms with van der Waals surface area (Å²) >= 11 is 0. The van der Waals surface area contributed by atoms with Crippen LogP contribution in [0.2, 0.25) is 0 Å². The molecule has 0 bridgehead atoms. The summed E-state index contributed by atoms with van der Waals surface area (Å²) < 4.78 is 0. The minimum Gasteiger partial charge on any atom is -0.0533 e. The van der Waals surface area contributed by atoms with E-state index in [1.54, 1.807) is 0 Å². The highest BCUT2D eigenvalue weighted by Gasteiger charge is 2.12. The van der Waals surface area contributed by atoms with E-state index in [-0.39, 0.29) is 0 Å². The van der Waals surface area contributed by atoms with Crippen molar-refractivity contribution in [2.24, 2.45) is 5.92 Å². The van der Waals surface area contributed by atoms with E-state index < -0.39 is 0 Å². The molecule has 137 valence electrons. The molecule has 0 heteroatoms. The Hall–Kier alpha value is 0. The number of unbranched alkanes of at least 4 members (excludes halogenated alkanes) is 14. The molecule has 0 atom stereocenters. The zero-order valence-electron chi connectivity index (χ0n) is 16.1. The van der Waals surface area contributed by atoms with Crippen molar-refractivity contribution in [1.82, 2.24) is 0 Å². The van der Waals surface area contributed by atoms with Crippen LogP contribution in [-0.2, 0) is 0 Å². The molecule has 0 unspecified atom stereocenters. The Labute approximate surface area is 148 Å². The van der Waals surface area contributed by atoms with Gasteiger partial charge in [0, 0.05) is 0 Å². The van der Waals surface area contributed by atoms with Gasteiger partial charge in [0.05, 0.1) is 0 Å². The second-order valence-corrected chi connectivity index (χ2v) is 8.10. The standard InChI is InChI=1S/C23H45/c1-2-3-4-5-6-7-8-9-10-11-12-13-14-15-17-20-23-21-18-16-19-22-23/h23H,1-22H2. The van der Waals surface area contributed by atoms with Crippen LogP contribution in [0.1, 0.15) is 135 Å². The third kappa shape index (κ3) is 14.1. The van der Waals surface area contributed by atoms with E-state index in [4.69, 9.17) is 0 Å². The van der Waals surface area contributed by atoms with Gasteiger partial charge in [0.2, 0.25) is 0 Å². The van der Waals surface area contributed by atoms with Gasteiger partial charge in [-0.25, -0.2) is 0 Å². The maximum Gasteiger partial charge on any atom is -0.0414 e. The maximum atomic E-state index is 3.91. The average Bonchev–Trinajstić information content (AvgIpc) is 2.59. The Morgan fingerprint density at radius 3 is 1.30 bits per heavy atom. The number of hydrogen-bond acceptors (Lipinski definition) is 0. The zero-order valence-corrected chi connectivity index (χ0v) is 16.1. The lowest BCUT2D eigenvalue weighted by Gasteiger charge is -2.21. The van der Waals surface area contributed by atoms with E-state index >= 15 is 0 Å². The lowest BCUT2D eigenvalue weighted by Crippen LogP contribution is -2.05. The highest BCUT2D eigenvalue weighted by atomic mass is 14.2. The average molecular weight is 322 g/mol. The van der Waals surface area contributed by atoms with E-state index in [0.717, 1.165) is 12.3 Å². The van der Waals surface area contributed by atoms with Gasteiger partial charge in [-0.1, -0.05) is 142 Å². The van der Waals surface area contributed by atoms with Crippen LogP contribution in [0.3, 0.4) is 0 Å². The van der Waals surface area contributed by atoms with Gasteiger partial charge in [0.15, 0.2) is 0 Å². The highest BCUT2D eigenvalue weighted by Crippen LogP contribution is 2.28. The molecule has 0 amide bonds. The quantitative estimate of drug-likeness (QED) is 0.249. The predicted octanol–water partition coefficient (Wildman–Crippen LogP) is 8.64. The van der Waals surface area contributed by atoms with Crippen molar-refractivity contribution in [3.63, 3.8) is 0 Å². The molecular weight excluding hydrogens is 276 g/mol. The molecule has 1 aliphatic rings. The summed E-state index contributed by atoms with van der Waals surface area (Å²) in [5.41, 5.74) is 0. The van der Waals surface area contributed by atoms with Crippen molar-refractivity contribution in [3.05, 3.63) is 6.92 Å². The van der Waals surface area contributed by atoms with Crippen molar-refractivity contribution in [2.45, 2.75) is 135 Å². The van der Waals surface area contributed by atoms with E-state index in [2.05, 4.69) is 6.92 Å². The van der Waals surface area contributed by atoms with Crippen molar-refractivity contribution in [1.29, 1.82) is 0 Å². The second-order valence-electron chi connectivity index (χ2n) is 8.10. The van der Waals surface area contributed by atoms with Crippen LogP contribution in [0.25, 0.3) is 0 Å². The summed E-state index contributed by atoms with van der Waals surface area (Å²) in [7, 11) is 0. The van der Waals surface area contributed by atoms with Crippen molar-refractivity contribution < 1.29 is 0 Å². The lowest BCUT2D eigenvalue weighted by atomic mass is 9.85. The van der Waals surface area contributed by atoms with Gasteiger partial charge >= 0.3 is 0 Å². The minimum absolute atomic E-state index is 1.10. The Balaban J connectivity index is 1.67. The molecule has 0 saturated heterocycles. The minimum atomic E-state index is 1.10. The topological polar surface area (TPSA) is 0 Å². The number of hydrogen-bond donors (Lipinski definition) is 0. The summed E-state index contributed by atoms with van der Waals surface area (Å²) in [6.07, 6.45) is 30.8. The molecule has 1 rings (SSSR count). The first-order valence-electron chi connectivity index (χ1n) is 11.2. The Kier molecular flexibility index (Phi) is 15.4. The molecule has 0 aromatic heterocycles. The van der Waals surface area contributed by atoms with Crippen molar-refractivity contribution >= 4 is 0 Å². The first-order chi connectivity index (χ1) is 11.4. The Morgan fingerprint density at radius 2 is 0.870 bits per heavy atom. The third-order valence-electron chi connectivity index (χ3n) is 5.84. The van der Waals surface area contributed by atoms with Gasteiger partial charge in [0.25, 0.3) is 0 Å². The highest BCUT2D eigenvalue weighted by molar-refractivity contribution is 4.65. The van der Waals surface area contributed by atoms with E-state index in [1.165, 1.54) is 128 Å². The number of rotatable bonds is 16. The molecule has 23 heavy (non-hydrogen) atoms. The van der Waals surface area contributed by atoms with Crippen LogP contribution in [0, 0.1) is 12.8 Å². The molecule has 0 aliphatic heterocycles. The third-order valence-corrected chi connectivity index (χ3v) is 5.84. The summed E-state index contributed by atoms with van der Waals surface area (Å²) in [6.45, 7) is 3.91. The van der Waals surface area contributed by atoms with Gasteiger partial charge in [-0.2, -0.15) is 0 Å². The molecule has 0 heterocycles. The maximum absolute atomic E-state index is 3.91. The molecule has 0 N–H and O–H groups in total. The van der Waals surface area contributed by atoms with Gasteiger partial charge in [-0.15, -0.1) is 0 Å². The summed E-state index contributed by atoms with van der Waals surface area (Å²) in [4.78, 5) is 0. The van der Waals surface area contributed by atoms with Crippen molar-refractivity contribution in [2.75, 3.05) is 0 Å². The normalized spacial score (nSPS) is 16.0. The zero-order chi connectivity index (χ0) is 16.4. The van der Waals surface area contributed by atoms with Crippen LogP contribution in [0.5, 0.6) is 0 Å². The van der Waals surface area contributed by atoms with E-state index in [1.807, 2.05) is 0 Å². The van der Waals surface area contributed by atoms with E-state index in [9.17, 15) is 0 Å². The van der Waals surface area contributed by atoms with Crippen LogP contribution in [0.4, 0.5) is 0 Å². The first-order valence-corrected chi connectivity index (χ1v) is 11.2. The van der Waals surface area contributed by atoms with Gasteiger partial charge in [-0.05, 0) is 5.92 Å². The molecule has 0 aromatic rings. The molecule has 0 nitrogen and oxygen atoms in total. The smallest absolute Gasteiger partial charge is 0.0414 e. The lowest BCUT2D eigenvalue weighted by molar-refractivity contribution is 0.328. The molecule has 0 aromatic carbocycles. The SMILES string of the molecule is [CH2]CCCCCCCCCCCCCCCCC1CCCCC1. The van der Waals surface area contributed by atoms with Gasteiger partial charge in [0.1, 0.15) is 0 Å². The van der Waals surface area contributed by atoms with Gasteiger partial charge in [-0.3, -0.25) is 0 Å². The fourth-order valence-electron chi connectivity index (χ4n) is 4.21. The predicted molar refractivity (Wildman–Crippen MR) is 106 cm³/mol. The largest absolute Gasteiger partial charge is 0.0533 e. The summed E-state index contributed by atoms with van der Waals surface area (Å²) in [6, 6.07) is 0. The Bertz CT molecular complexity index is 214. The fraction of sp³-hybridized carbons (Fsp3) is 0.957. The van der Waals surface area contributed by atoms with Crippen molar-refractivity contribution in [3.8, 4) is 0 Å². The molecule has 1 fully saturated rings. The summed E-state index contributed by atoms with van der Waals surface area (Å²) in [5.74, 6) is 1.10. The van der Waals surface area contributed by atoms with E-state index in [0.29, 0.717) is 0 Å². The molecule has 1 saturated carbocycles. The molecule has 1 aliphatic carbocycles. The molecule has 0 spiro atoms. The fourth-order valence-corrected chi connectivity index (χ4v) is 4.21. The van der Waals surface area contributed by atoms with Crippen LogP contribution in [-0.4, -0.2) is 0 Å².